The molecule has 7 aromatic rings. The Kier molecular flexibility index (Phi) is 106. The number of aromatic hydroxyl groups is 2. The smallest absolute Gasteiger partial charge is 0.870 e. The second kappa shape index (κ2) is 87.5. The van der Waals surface area contributed by atoms with E-state index < -0.39 is 46.2 Å². The topological polar surface area (TPSA) is 465 Å². The van der Waals surface area contributed by atoms with Gasteiger partial charge in [0.25, 0.3) is 0 Å². The van der Waals surface area contributed by atoms with Gasteiger partial charge in [-0.05, 0) is 171 Å². The van der Waals surface area contributed by atoms with Crippen LogP contribution in [0, 0.1) is 114 Å². The molecule has 5 atom stereocenters. The number of carbonyl (C=O) groups excluding carboxylic acids is 4. The van der Waals surface area contributed by atoms with Gasteiger partial charge in [0, 0.05) is 76.3 Å². The third kappa shape index (κ3) is 77.2. The fourth-order valence-electron chi connectivity index (χ4n) is 10.8. The minimum atomic E-state index is -1.72. The number of aryl methyl sites for hydroxylation is 7. The number of esters is 1. The Bertz CT molecular complexity index is 4230. The van der Waals surface area contributed by atoms with Gasteiger partial charge in [-0.1, -0.05) is 80.6 Å². The van der Waals surface area contributed by atoms with E-state index in [1.165, 1.54) is 11.6 Å². The fourth-order valence-corrected chi connectivity index (χ4v) is 11.3. The Morgan fingerprint density at radius 1 is 0.514 bits per heavy atom. The molecule has 4 aliphatic rings. The number of hydrogen-bond acceptors (Lipinski definition) is 26. The number of Topliss-reactive ketones (excluding diaryl/α,β-unsaturated/α-hetero) is 2. The first-order valence-electron chi connectivity index (χ1n) is 42.5. The summed E-state index contributed by atoms with van der Waals surface area (Å²) in [5.74, 6) is 3.18. The summed E-state index contributed by atoms with van der Waals surface area (Å²) < 4.78 is 72.9. The van der Waals surface area contributed by atoms with Crippen LogP contribution in [0.1, 0.15) is 227 Å². The number of fused-ring (bicyclic) bond motifs is 1. The molecule has 3 fully saturated rings. The van der Waals surface area contributed by atoms with E-state index >= 15 is 0 Å². The summed E-state index contributed by atoms with van der Waals surface area (Å²) in [5.41, 5.74) is 6.49. The molecule has 4 aliphatic heterocycles. The van der Waals surface area contributed by atoms with E-state index in [9.17, 15) is 29.1 Å². The zero-order chi connectivity index (χ0) is 99.6. The molecule has 27 nitrogen and oxygen atoms in total. The summed E-state index contributed by atoms with van der Waals surface area (Å²) in [7, 11) is 21.0. The summed E-state index contributed by atoms with van der Waals surface area (Å²) in [6.07, 6.45) is 1.85. The number of ketones is 2. The molecule has 0 aromatic heterocycles. The maximum absolute atomic E-state index is 11.8. The van der Waals surface area contributed by atoms with Crippen molar-refractivity contribution in [3.05, 3.63) is 207 Å². The van der Waals surface area contributed by atoms with Crippen molar-refractivity contribution in [3.63, 3.8) is 0 Å². The van der Waals surface area contributed by atoms with Gasteiger partial charge in [-0.25, -0.2) is 34.4 Å². The van der Waals surface area contributed by atoms with E-state index in [0.717, 1.165) is 55.0 Å². The Hall–Kier alpha value is 4.70. The van der Waals surface area contributed by atoms with Gasteiger partial charge in [0.2, 0.25) is 14.5 Å². The fraction of sp³-hybridized carbons (Fsp3) is 0.515. The predicted octanol–water partition coefficient (Wildman–Crippen LogP) is 3.78. The zero-order valence-electron chi connectivity index (χ0n) is 89.3. The number of hydrogen-bond donors (Lipinski definition) is 4. The largest absolute Gasteiger partial charge is 1.00 e. The molecule has 0 radical (unpaired) electrons. The van der Waals surface area contributed by atoms with Gasteiger partial charge in [-0.15, -0.1) is 69.9 Å². The second-order valence-corrected chi connectivity index (χ2v) is 46.5. The number of carbonyl (C=O) groups is 5. The van der Waals surface area contributed by atoms with Crippen molar-refractivity contribution in [1.82, 2.24) is 0 Å². The molecule has 45 heteroatoms. The van der Waals surface area contributed by atoms with E-state index in [1.807, 2.05) is 237 Å². The van der Waals surface area contributed by atoms with Crippen LogP contribution in [0.3, 0.4) is 0 Å². The molecule has 4 heterocycles. The van der Waals surface area contributed by atoms with Crippen LogP contribution >= 0.6 is 79.0 Å². The van der Waals surface area contributed by atoms with Crippen molar-refractivity contribution in [2.24, 2.45) is 29.6 Å². The van der Waals surface area contributed by atoms with Crippen molar-refractivity contribution >= 4 is 155 Å². The summed E-state index contributed by atoms with van der Waals surface area (Å²) in [4.78, 5) is 54.8. The molecule has 7 aromatic carbocycles. The van der Waals surface area contributed by atoms with Crippen LogP contribution in [0.25, 0.3) is 0 Å². The van der Waals surface area contributed by atoms with Gasteiger partial charge in [0.05, 0.1) is 78.4 Å². The number of phenolic OH excluding ortho intramolecular Hbond substituents is 2. The minimum absolute atomic E-state index is 0. The Morgan fingerprint density at radius 3 is 1.12 bits per heavy atom. The summed E-state index contributed by atoms with van der Waals surface area (Å²) >= 11 is 6.87. The number of aliphatic hydroxyl groups excluding tert-OH is 1. The van der Waals surface area contributed by atoms with Gasteiger partial charge >= 0.3 is 394 Å². The number of ether oxygens (including phenoxy) is 5. The third-order valence-electron chi connectivity index (χ3n) is 20.2. The molecule has 0 aliphatic carbocycles. The summed E-state index contributed by atoms with van der Waals surface area (Å²) in [5, 5.41) is 35.2. The van der Waals surface area contributed by atoms with Gasteiger partial charge in [0.1, 0.15) is 22.9 Å². The average molecular weight is 2630 g/mol. The molecular weight excluding hydrogens is 2490 g/mol. The van der Waals surface area contributed by atoms with Crippen LogP contribution < -0.4 is 374 Å². The number of rotatable bonds is 20. The quantitative estimate of drug-likeness (QED) is 0.0365. The Balaban J connectivity index is -0.000000132. The molecular formula is C97H139AlB3BrCl6O27Rb6S-6. The maximum atomic E-state index is 11.8. The molecule has 3 saturated heterocycles. The van der Waals surface area contributed by atoms with E-state index in [2.05, 4.69) is 101 Å². The SMILES string of the molecule is CC(=O)C[C@H](C)COc1c[c-]c(C)cc1.CC1(C)OB(B2OC(C)(C)C(C)(C)O2)OC1(C)C.C[C@H](CO)CC(=O)OC(C)(C)C.Cc1[c-]cc(B2OC(C)(C)C(C)(C)O2)cc1.Cc1[c-]cc(Br)cc1.Cc1[c-]cc(O)cc1.Cc1[c-]cc(OC[C@@H](C)CC(=O)Cl)cc1.Cc1[c-]cc(OC[C@@H](C)CC(=O)O)cc1.Cc1cc2c(cc1O)OC[C@@H](C)CC2=O.O=S(Cl)Cl.[Cl][Al]([Cl])[Cl].[OH-].[OH-].[OH-].[OH-].[OH-].[OH-].[Rb+].[Rb+].[Rb+].[Rb+].[Rb+].[Rb+]. The molecule has 768 valence electrons. The number of aliphatic carboxylic acids is 1. The average Bonchev–Trinajstić information content (AvgIpc) is 1.59. The monoisotopic (exact) mass is 2630 g/mol. The summed E-state index contributed by atoms with van der Waals surface area (Å²) in [6.45, 7) is 56.8. The Labute approximate surface area is 1180 Å². The number of aliphatic hydroxyl groups is 1. The van der Waals surface area contributed by atoms with Gasteiger partial charge < -0.3 is 110 Å². The van der Waals surface area contributed by atoms with Crippen molar-refractivity contribution in [2.75, 3.05) is 33.0 Å². The van der Waals surface area contributed by atoms with Crippen LogP contribution in [0.5, 0.6) is 34.5 Å². The molecule has 142 heavy (non-hydrogen) atoms. The minimum Gasteiger partial charge on any atom is -0.870 e. The normalized spacial score (nSPS) is 15.3. The Morgan fingerprint density at radius 2 is 0.838 bits per heavy atom. The molecule has 0 amide bonds. The number of benzene rings is 7. The van der Waals surface area contributed by atoms with Gasteiger partial charge in [-0.3, -0.25) is 19.2 Å². The number of halogens is 7. The van der Waals surface area contributed by atoms with Crippen molar-refractivity contribution in [2.45, 2.75) is 265 Å². The van der Waals surface area contributed by atoms with Crippen molar-refractivity contribution < 1.29 is 482 Å². The third-order valence-corrected chi connectivity index (χ3v) is 20.8. The van der Waals surface area contributed by atoms with E-state index in [1.54, 1.807) is 44.2 Å². The molecule has 0 unspecified atom stereocenters. The maximum Gasteiger partial charge on any atom is 1.00 e. The van der Waals surface area contributed by atoms with Crippen molar-refractivity contribution in [1.29, 1.82) is 0 Å². The van der Waals surface area contributed by atoms with E-state index in [0.29, 0.717) is 62.6 Å². The first kappa shape index (κ1) is 172. The molecule has 10 N–H and O–H groups in total. The van der Waals surface area contributed by atoms with Crippen LogP contribution in [-0.2, 0) is 61.1 Å². The zero-order valence-corrected chi connectivity index (χ0v) is 127. The van der Waals surface area contributed by atoms with Crippen LogP contribution in [0.2, 0.25) is 0 Å². The van der Waals surface area contributed by atoms with Gasteiger partial charge in [-0.2, -0.15) is 130 Å². The summed E-state index contributed by atoms with van der Waals surface area (Å²) in [6, 6.07) is 55.3. The molecule has 11 rings (SSSR count). The van der Waals surface area contributed by atoms with Crippen LogP contribution in [-0.4, -0.2) is 191 Å². The number of carboxylic acid groups (broad SMARTS) is 1. The molecule has 0 bridgehead atoms. The first-order chi connectivity index (χ1) is 59.9. The van der Waals surface area contributed by atoms with E-state index in [4.69, 9.17) is 113 Å². The van der Waals surface area contributed by atoms with Crippen molar-refractivity contribution in [3.8, 4) is 34.5 Å². The number of carboxylic acids is 1. The van der Waals surface area contributed by atoms with Crippen LogP contribution in [0.4, 0.5) is 0 Å². The van der Waals surface area contributed by atoms with E-state index in [-0.39, 0.29) is 506 Å². The molecule has 0 spiro atoms. The number of phenols is 2. The van der Waals surface area contributed by atoms with Gasteiger partial charge in [0.15, 0.2) is 5.78 Å². The predicted molar refractivity (Wildman–Crippen MR) is 542 cm³/mol. The molecule has 0 saturated carbocycles. The second-order valence-electron chi connectivity index (χ2n) is 36.2. The van der Waals surface area contributed by atoms with Crippen LogP contribution in [0.15, 0.2) is 126 Å². The standard InChI is InChI=1S/C13H18BO2.C13H17O2.C12H24B2O4.C12H14ClO2.C12H14O3.C12H15O3.C9H18O3.C7H6Br.C7H7O.Al.Cl2OS.3ClH.6H2O.6Rb/c1-10-6-8-11(9-7-10)14-15-12(2,3)13(4,5)16-14;1-10-4-6-13(7-5-10)15-9-11(2)8-12(3)14;1-9(2)10(3,4)16-13(15-9)14-17-11(5,6)12(7,8)18-14;1-9-3-5-11(6-4-9)15-8-10(2)7-12(13)14;1-7-3-11(14)9-4-8(2)10(13)5-12(9)15-6-7;1-9-3-5-11(6-4-9)15-8-10(2)7-12(13)14;1-7(6-10)5-8(11)12-9(2,3)4;2*1-6-2-4-7(8)5-3-6;;1-4(2)3;;;;;;;;;;;;;;;/h6,8-9H,1-5H3;4,6-7,11H,8-9H2,1-3H3;1-8H3;3,5-6,10H,7-8H2,1-2H3;4-5,7,13H,3,6H2,1-2H3;3,5-6,10H,7-8H2,1-2H3,(H,13,14);7,10H,5-6H2,1-4H3;2,4-5H,1H3;2,4-5,8H,1H3;;;3*1H;6*1H2;;;;;;/q2*-1;;-1;;-1;;2*-1;+3;;;;;;;;;;;6*+1/p-9/t;11-;;10-;7-;10-;7-;;;;;;;;;;;;;;;;;;;/m.0.0000.................../s1. The first-order valence-corrected chi connectivity index (χ1v) is 51.7.